The molecule has 59 heavy (non-hydrogen) atoms. The van der Waals surface area contributed by atoms with Crippen LogP contribution in [0, 0.1) is 20.8 Å². The average Bonchev–Trinajstić information content (AvgIpc) is 3.87. The Kier molecular flexibility index (Phi) is 9.25. The number of anilines is 2. The van der Waals surface area contributed by atoms with Gasteiger partial charge < -0.3 is 29.2 Å². The number of nitrogens with one attached hydrogen (secondary N) is 2. The number of nitrogens with zero attached hydrogens (tertiary/aromatic N) is 10. The summed E-state index contributed by atoms with van der Waals surface area (Å²) >= 11 is 0. The standard InChI is InChI=1S/C23H24N6O.C22H24N6O/c1-15-12-28-13-17(10-19(16-2-3-16)23(28)25-15)20-11-22(30)29-14-18(4-5-21(29)26-20)27-8-6-24-7-9-27;1-14-10-26(7-6-23-14)18-4-5-21-25-19(9-22(29)28(21)13-18)17-8-20-16(3)24-15(2)11-27(20)12-17/h4-5,10-14,16,24H,2-3,6-9H2,1H3;4-5,8-9,11-14,23H,6-7,10H2,1-3H3/t;14-/m.1/s1. The van der Waals surface area contributed by atoms with Crippen LogP contribution >= 0.6 is 0 Å². The minimum absolute atomic E-state index is 0.0538. The van der Waals surface area contributed by atoms with Crippen molar-refractivity contribution in [3.63, 3.8) is 0 Å². The van der Waals surface area contributed by atoms with Crippen LogP contribution in [0.3, 0.4) is 0 Å². The van der Waals surface area contributed by atoms with Gasteiger partial charge in [0.05, 0.1) is 45.4 Å². The molecule has 8 aromatic rings. The predicted molar refractivity (Wildman–Crippen MR) is 232 cm³/mol. The van der Waals surface area contributed by atoms with Crippen molar-refractivity contribution >= 4 is 33.8 Å². The van der Waals surface area contributed by atoms with Crippen molar-refractivity contribution < 1.29 is 0 Å². The maximum atomic E-state index is 13.0. The molecule has 1 aliphatic carbocycles. The zero-order chi connectivity index (χ0) is 40.4. The number of pyridine rings is 3. The molecule has 2 saturated heterocycles. The first kappa shape index (κ1) is 36.9. The summed E-state index contributed by atoms with van der Waals surface area (Å²) in [5.74, 6) is 0.567. The summed E-state index contributed by atoms with van der Waals surface area (Å²) in [7, 11) is 0. The van der Waals surface area contributed by atoms with Crippen molar-refractivity contribution in [2.75, 3.05) is 55.6 Å². The normalized spacial score (nSPS) is 17.3. The van der Waals surface area contributed by atoms with Crippen molar-refractivity contribution in [3.05, 3.63) is 129 Å². The summed E-state index contributed by atoms with van der Waals surface area (Å²) in [5.41, 5.74) is 12.8. The highest BCUT2D eigenvalue weighted by Gasteiger charge is 2.27. The molecule has 10 heterocycles. The number of rotatable bonds is 5. The lowest BCUT2D eigenvalue weighted by atomic mass is 10.1. The van der Waals surface area contributed by atoms with Crippen LogP contribution in [0.25, 0.3) is 45.0 Å². The number of piperazine rings is 2. The quantitative estimate of drug-likeness (QED) is 0.245. The highest BCUT2D eigenvalue weighted by Crippen LogP contribution is 2.43. The lowest BCUT2D eigenvalue weighted by Gasteiger charge is -2.33. The second kappa shape index (κ2) is 14.8. The molecule has 0 radical (unpaired) electrons. The lowest BCUT2D eigenvalue weighted by molar-refractivity contribution is 0.484. The van der Waals surface area contributed by atoms with E-state index in [0.29, 0.717) is 34.6 Å². The van der Waals surface area contributed by atoms with Gasteiger partial charge in [-0.15, -0.1) is 0 Å². The number of aromatic nitrogens is 8. The van der Waals surface area contributed by atoms with Crippen LogP contribution in [-0.4, -0.2) is 89.4 Å². The van der Waals surface area contributed by atoms with Crippen LogP contribution in [0.4, 0.5) is 11.4 Å². The Hall–Kier alpha value is -6.38. The molecule has 0 amide bonds. The number of hydrogen-bond donors (Lipinski definition) is 2. The van der Waals surface area contributed by atoms with Gasteiger partial charge in [-0.25, -0.2) is 15.0 Å². The summed E-state index contributed by atoms with van der Waals surface area (Å²) in [4.78, 5) is 49.3. The molecule has 3 aliphatic rings. The van der Waals surface area contributed by atoms with Gasteiger partial charge >= 0.3 is 0 Å². The summed E-state index contributed by atoms with van der Waals surface area (Å²) in [6.07, 6.45) is 14.3. The van der Waals surface area contributed by atoms with Crippen LogP contribution in [0.5, 0.6) is 0 Å². The molecule has 11 rings (SSSR count). The van der Waals surface area contributed by atoms with Crippen LogP contribution in [0.2, 0.25) is 0 Å². The van der Waals surface area contributed by atoms with Gasteiger partial charge in [0.1, 0.15) is 16.9 Å². The molecule has 1 atom stereocenters. The number of fused-ring (bicyclic) bond motifs is 4. The molecule has 8 aromatic heterocycles. The molecule has 0 aromatic carbocycles. The van der Waals surface area contributed by atoms with Gasteiger partial charge in [0, 0.05) is 112 Å². The molecule has 0 unspecified atom stereocenters. The van der Waals surface area contributed by atoms with Crippen molar-refractivity contribution in [2.24, 2.45) is 0 Å². The van der Waals surface area contributed by atoms with Crippen LogP contribution in [0.1, 0.15) is 48.3 Å². The summed E-state index contributed by atoms with van der Waals surface area (Å²) < 4.78 is 7.42. The van der Waals surface area contributed by atoms with E-state index in [2.05, 4.69) is 54.9 Å². The second-order valence-electron chi connectivity index (χ2n) is 16.3. The van der Waals surface area contributed by atoms with E-state index in [1.807, 2.05) is 80.6 Å². The van der Waals surface area contributed by atoms with Crippen molar-refractivity contribution in [1.29, 1.82) is 0 Å². The fourth-order valence-corrected chi connectivity index (χ4v) is 8.59. The first-order valence-electron chi connectivity index (χ1n) is 20.6. The molecule has 14 nitrogen and oxygen atoms in total. The topological polar surface area (TPSA) is 134 Å². The number of hydrogen-bond acceptors (Lipinski definition) is 10. The smallest absolute Gasteiger partial charge is 0.258 e. The van der Waals surface area contributed by atoms with E-state index in [0.717, 1.165) is 96.6 Å². The molecule has 2 aliphatic heterocycles. The van der Waals surface area contributed by atoms with Crippen LogP contribution in [0.15, 0.2) is 95.3 Å². The third kappa shape index (κ3) is 7.23. The van der Waals surface area contributed by atoms with Gasteiger partial charge in [-0.2, -0.15) is 0 Å². The van der Waals surface area contributed by atoms with E-state index >= 15 is 0 Å². The monoisotopic (exact) mass is 788 g/mol. The van der Waals surface area contributed by atoms with Gasteiger partial charge in [-0.05, 0) is 88.4 Å². The van der Waals surface area contributed by atoms with E-state index in [9.17, 15) is 9.59 Å². The third-order valence-corrected chi connectivity index (χ3v) is 11.7. The molecule has 14 heteroatoms. The lowest BCUT2D eigenvalue weighted by Crippen LogP contribution is -2.49. The van der Waals surface area contributed by atoms with Crippen molar-refractivity contribution in [1.82, 2.24) is 48.2 Å². The maximum Gasteiger partial charge on any atom is 0.258 e. The maximum absolute atomic E-state index is 13.0. The van der Waals surface area contributed by atoms with E-state index in [1.54, 1.807) is 20.9 Å². The SMILES string of the molecule is Cc1cn2cc(-c3cc(=O)n4cc(N5CCNCC5)ccc4n3)cc(C3CC3)c2n1.Cc1cn2cc(-c3cc(=O)n4cc(N5CCN[C@H](C)C5)ccc4n3)cc2c(C)n1. The van der Waals surface area contributed by atoms with Gasteiger partial charge in [-0.3, -0.25) is 23.4 Å². The van der Waals surface area contributed by atoms with Gasteiger partial charge in [0.25, 0.3) is 11.1 Å². The van der Waals surface area contributed by atoms with Crippen LogP contribution in [-0.2, 0) is 0 Å². The highest BCUT2D eigenvalue weighted by molar-refractivity contribution is 5.71. The van der Waals surface area contributed by atoms with Crippen molar-refractivity contribution in [3.8, 4) is 22.5 Å². The Morgan fingerprint density at radius 1 is 0.627 bits per heavy atom. The first-order valence-corrected chi connectivity index (χ1v) is 20.6. The molecule has 300 valence electrons. The van der Waals surface area contributed by atoms with Crippen molar-refractivity contribution in [2.45, 2.75) is 52.5 Å². The van der Waals surface area contributed by atoms with E-state index in [1.165, 1.54) is 18.4 Å². The van der Waals surface area contributed by atoms with Gasteiger partial charge in [-0.1, -0.05) is 0 Å². The predicted octanol–water partition coefficient (Wildman–Crippen LogP) is 5.03. The molecular weight excluding hydrogens is 741 g/mol. The Balaban J connectivity index is 0.000000143. The fourth-order valence-electron chi connectivity index (χ4n) is 8.59. The van der Waals surface area contributed by atoms with E-state index in [4.69, 9.17) is 15.0 Å². The fraction of sp³-hybridized carbons (Fsp3) is 0.333. The Morgan fingerprint density at radius 2 is 1.22 bits per heavy atom. The van der Waals surface area contributed by atoms with Gasteiger partial charge in [0.15, 0.2) is 0 Å². The third-order valence-electron chi connectivity index (χ3n) is 11.7. The average molecular weight is 789 g/mol. The zero-order valence-electron chi connectivity index (χ0n) is 33.9. The second-order valence-corrected chi connectivity index (χ2v) is 16.3. The molecule has 1 saturated carbocycles. The molecule has 2 N–H and O–H groups in total. The molecule has 0 spiro atoms. The Morgan fingerprint density at radius 3 is 1.88 bits per heavy atom. The van der Waals surface area contributed by atoms with E-state index < -0.39 is 0 Å². The summed E-state index contributed by atoms with van der Waals surface area (Å²) in [5, 5.41) is 6.81. The Bertz CT molecular complexity index is 3020. The molecule has 3 fully saturated rings. The van der Waals surface area contributed by atoms with Gasteiger partial charge in [0.2, 0.25) is 0 Å². The van der Waals surface area contributed by atoms with Crippen LogP contribution < -0.4 is 31.6 Å². The zero-order valence-corrected chi connectivity index (χ0v) is 33.9. The Labute approximate surface area is 340 Å². The largest absolute Gasteiger partial charge is 0.368 e. The number of aryl methyl sites for hydroxylation is 3. The minimum Gasteiger partial charge on any atom is -0.368 e. The van der Waals surface area contributed by atoms with E-state index in [-0.39, 0.29) is 11.1 Å². The number of imidazole rings is 1. The minimum atomic E-state index is -0.0729. The molecule has 0 bridgehead atoms. The summed E-state index contributed by atoms with van der Waals surface area (Å²) in [6.45, 7) is 14.8. The first-order chi connectivity index (χ1) is 28.6. The summed E-state index contributed by atoms with van der Waals surface area (Å²) in [6, 6.07) is 15.9. The highest BCUT2D eigenvalue weighted by atomic mass is 16.1. The molecular formula is C45H48N12O2.